The zero-order valence-electron chi connectivity index (χ0n) is 12.2. The molecule has 1 unspecified atom stereocenters. The van der Waals surface area contributed by atoms with Gasteiger partial charge in [-0.1, -0.05) is 23.7 Å². The molecule has 1 aliphatic heterocycles. The van der Waals surface area contributed by atoms with Gasteiger partial charge in [0, 0.05) is 12.8 Å². The van der Waals surface area contributed by atoms with Crippen molar-refractivity contribution in [3.05, 3.63) is 47.2 Å². The minimum Gasteiger partial charge on any atom is -0.376 e. The Balaban J connectivity index is 1.61. The second-order valence-electron chi connectivity index (χ2n) is 5.37. The molecular formula is C16H18ClN3O2. The van der Waals surface area contributed by atoms with Crippen LogP contribution in [0.1, 0.15) is 29.6 Å². The molecule has 0 saturated carbocycles. The van der Waals surface area contributed by atoms with E-state index in [1.54, 1.807) is 35.1 Å². The SMILES string of the molecule is O=C(Nc1cnn(CC2CCCCO2)c1)c1ccccc1Cl. The Morgan fingerprint density at radius 1 is 1.41 bits per heavy atom. The standard InChI is InChI=1S/C16H18ClN3O2/c17-15-7-2-1-6-14(15)16(21)19-12-9-18-20(10-12)11-13-5-3-4-8-22-13/h1-2,6-7,9-10,13H,3-5,8,11H2,(H,19,21). The van der Waals surface area contributed by atoms with Gasteiger partial charge in [0.25, 0.3) is 5.91 Å². The maximum Gasteiger partial charge on any atom is 0.257 e. The Labute approximate surface area is 134 Å². The Morgan fingerprint density at radius 2 is 2.27 bits per heavy atom. The third-order valence-electron chi connectivity index (χ3n) is 3.67. The average molecular weight is 320 g/mol. The van der Waals surface area contributed by atoms with Gasteiger partial charge in [-0.25, -0.2) is 0 Å². The van der Waals surface area contributed by atoms with E-state index in [1.165, 1.54) is 6.42 Å². The molecule has 1 aliphatic rings. The first kappa shape index (κ1) is 15.1. The van der Waals surface area contributed by atoms with Crippen LogP contribution in [0.15, 0.2) is 36.7 Å². The van der Waals surface area contributed by atoms with Crippen molar-refractivity contribution < 1.29 is 9.53 Å². The Hall–Kier alpha value is -1.85. The fraction of sp³-hybridized carbons (Fsp3) is 0.375. The van der Waals surface area contributed by atoms with E-state index in [0.717, 1.165) is 19.4 Å². The van der Waals surface area contributed by atoms with Crippen molar-refractivity contribution in [2.75, 3.05) is 11.9 Å². The summed E-state index contributed by atoms with van der Waals surface area (Å²) in [5.74, 6) is -0.237. The molecule has 1 atom stereocenters. The predicted molar refractivity (Wildman–Crippen MR) is 85.2 cm³/mol. The smallest absolute Gasteiger partial charge is 0.257 e. The molecule has 0 aliphatic carbocycles. The number of hydrogen-bond acceptors (Lipinski definition) is 3. The number of rotatable bonds is 4. The van der Waals surface area contributed by atoms with Gasteiger partial charge in [0.15, 0.2) is 0 Å². The van der Waals surface area contributed by atoms with Crippen LogP contribution in [0, 0.1) is 0 Å². The van der Waals surface area contributed by atoms with Gasteiger partial charge >= 0.3 is 0 Å². The number of halogens is 1. The van der Waals surface area contributed by atoms with Crippen molar-refractivity contribution in [1.29, 1.82) is 0 Å². The molecule has 3 rings (SSSR count). The van der Waals surface area contributed by atoms with Crippen molar-refractivity contribution in [3.63, 3.8) is 0 Å². The van der Waals surface area contributed by atoms with Gasteiger partial charge < -0.3 is 10.1 Å². The first-order valence-electron chi connectivity index (χ1n) is 7.42. The van der Waals surface area contributed by atoms with Gasteiger partial charge in [0.05, 0.1) is 35.1 Å². The summed E-state index contributed by atoms with van der Waals surface area (Å²) in [7, 11) is 0. The lowest BCUT2D eigenvalue weighted by atomic mass is 10.1. The topological polar surface area (TPSA) is 56.2 Å². The quantitative estimate of drug-likeness (QED) is 0.940. The average Bonchev–Trinajstić information content (AvgIpc) is 2.95. The summed E-state index contributed by atoms with van der Waals surface area (Å²) >= 11 is 6.02. The van der Waals surface area contributed by atoms with Crippen LogP contribution in [0.2, 0.25) is 5.02 Å². The molecule has 2 heterocycles. The fourth-order valence-electron chi connectivity index (χ4n) is 2.53. The Bertz CT molecular complexity index is 650. The van der Waals surface area contributed by atoms with Gasteiger partial charge in [0.2, 0.25) is 0 Å². The summed E-state index contributed by atoms with van der Waals surface area (Å²) in [6.45, 7) is 1.53. The zero-order chi connectivity index (χ0) is 15.4. The normalized spacial score (nSPS) is 18.1. The van der Waals surface area contributed by atoms with Crippen LogP contribution in [0.5, 0.6) is 0 Å². The highest BCUT2D eigenvalue weighted by molar-refractivity contribution is 6.34. The zero-order valence-corrected chi connectivity index (χ0v) is 12.9. The van der Waals surface area contributed by atoms with Crippen molar-refractivity contribution in [3.8, 4) is 0 Å². The number of nitrogens with one attached hydrogen (secondary N) is 1. The van der Waals surface area contributed by atoms with Gasteiger partial charge in [-0.2, -0.15) is 5.10 Å². The van der Waals surface area contributed by atoms with Crippen LogP contribution in [-0.2, 0) is 11.3 Å². The number of carbonyl (C=O) groups excluding carboxylic acids is 1. The molecule has 1 amide bonds. The van der Waals surface area contributed by atoms with E-state index in [2.05, 4.69) is 10.4 Å². The maximum atomic E-state index is 12.2. The van der Waals surface area contributed by atoms with Crippen LogP contribution >= 0.6 is 11.6 Å². The second kappa shape index (κ2) is 6.94. The molecule has 2 aromatic rings. The number of benzene rings is 1. The molecule has 1 fully saturated rings. The first-order chi connectivity index (χ1) is 10.7. The van der Waals surface area contributed by atoms with E-state index >= 15 is 0 Å². The summed E-state index contributed by atoms with van der Waals surface area (Å²) < 4.78 is 7.50. The molecule has 22 heavy (non-hydrogen) atoms. The van der Waals surface area contributed by atoms with Crippen molar-refractivity contribution in [2.24, 2.45) is 0 Å². The molecule has 116 valence electrons. The van der Waals surface area contributed by atoms with Crippen LogP contribution in [0.25, 0.3) is 0 Å². The van der Waals surface area contributed by atoms with E-state index < -0.39 is 0 Å². The predicted octanol–water partition coefficient (Wildman–Crippen LogP) is 3.36. The monoisotopic (exact) mass is 319 g/mol. The lowest BCUT2D eigenvalue weighted by molar-refractivity contribution is 0.00401. The molecule has 0 bridgehead atoms. The number of ether oxygens (including phenoxy) is 1. The minimum absolute atomic E-state index is 0.209. The summed E-state index contributed by atoms with van der Waals surface area (Å²) in [5.41, 5.74) is 1.10. The van der Waals surface area contributed by atoms with E-state index in [9.17, 15) is 4.79 Å². The van der Waals surface area contributed by atoms with E-state index in [-0.39, 0.29) is 12.0 Å². The van der Waals surface area contributed by atoms with Crippen LogP contribution < -0.4 is 5.32 Å². The molecule has 0 spiro atoms. The van der Waals surface area contributed by atoms with Gasteiger partial charge in [0.1, 0.15) is 0 Å². The van der Waals surface area contributed by atoms with Gasteiger partial charge in [-0.15, -0.1) is 0 Å². The van der Waals surface area contributed by atoms with Crippen molar-refractivity contribution >= 4 is 23.2 Å². The summed E-state index contributed by atoms with van der Waals surface area (Å²) in [5, 5.41) is 7.51. The second-order valence-corrected chi connectivity index (χ2v) is 5.78. The number of amides is 1. The van der Waals surface area contributed by atoms with Gasteiger partial charge in [-0.3, -0.25) is 9.48 Å². The fourth-order valence-corrected chi connectivity index (χ4v) is 2.75. The lowest BCUT2D eigenvalue weighted by Gasteiger charge is -2.22. The molecule has 5 nitrogen and oxygen atoms in total. The molecule has 1 aromatic carbocycles. The summed E-state index contributed by atoms with van der Waals surface area (Å²) in [6, 6.07) is 6.96. The van der Waals surface area contributed by atoms with Crippen LogP contribution in [0.3, 0.4) is 0 Å². The molecule has 6 heteroatoms. The molecule has 1 N–H and O–H groups in total. The molecule has 1 aromatic heterocycles. The molecule has 0 radical (unpaired) electrons. The van der Waals surface area contributed by atoms with Crippen molar-refractivity contribution in [1.82, 2.24) is 9.78 Å². The van der Waals surface area contributed by atoms with E-state index in [0.29, 0.717) is 22.8 Å². The largest absolute Gasteiger partial charge is 0.376 e. The number of hydrogen-bond donors (Lipinski definition) is 1. The summed E-state index contributed by atoms with van der Waals surface area (Å²) in [4.78, 5) is 12.2. The maximum absolute atomic E-state index is 12.2. The Kier molecular flexibility index (Phi) is 4.75. The third kappa shape index (κ3) is 3.67. The highest BCUT2D eigenvalue weighted by Crippen LogP contribution is 2.18. The number of nitrogens with zero attached hydrogens (tertiary/aromatic N) is 2. The van der Waals surface area contributed by atoms with E-state index in [1.807, 2.05) is 6.20 Å². The van der Waals surface area contributed by atoms with E-state index in [4.69, 9.17) is 16.3 Å². The number of anilines is 1. The lowest BCUT2D eigenvalue weighted by Crippen LogP contribution is -2.24. The van der Waals surface area contributed by atoms with Crippen molar-refractivity contribution in [2.45, 2.75) is 31.9 Å². The minimum atomic E-state index is -0.237. The highest BCUT2D eigenvalue weighted by atomic mass is 35.5. The van der Waals surface area contributed by atoms with Crippen LogP contribution in [0.4, 0.5) is 5.69 Å². The molecular weight excluding hydrogens is 302 g/mol. The van der Waals surface area contributed by atoms with Gasteiger partial charge in [-0.05, 0) is 31.4 Å². The highest BCUT2D eigenvalue weighted by Gasteiger charge is 2.15. The van der Waals surface area contributed by atoms with Crippen LogP contribution in [-0.4, -0.2) is 28.4 Å². The third-order valence-corrected chi connectivity index (χ3v) is 4.00. The summed E-state index contributed by atoms with van der Waals surface area (Å²) in [6.07, 6.45) is 7.04. The number of carbonyl (C=O) groups is 1. The molecule has 1 saturated heterocycles. The number of aromatic nitrogens is 2. The Morgan fingerprint density at radius 3 is 3.05 bits per heavy atom. The first-order valence-corrected chi connectivity index (χ1v) is 7.80.